The molecule has 2 aromatic rings. The predicted molar refractivity (Wildman–Crippen MR) is 105 cm³/mol. The van der Waals surface area contributed by atoms with Gasteiger partial charge in [0.05, 0.1) is 24.8 Å². The van der Waals surface area contributed by atoms with Crippen LogP contribution in [0, 0.1) is 5.82 Å². The zero-order valence-corrected chi connectivity index (χ0v) is 16.9. The van der Waals surface area contributed by atoms with Crippen LogP contribution in [0.2, 0.25) is 5.02 Å². The van der Waals surface area contributed by atoms with Crippen LogP contribution in [0.1, 0.15) is 36.1 Å². The van der Waals surface area contributed by atoms with Gasteiger partial charge in [-0.05, 0) is 41.8 Å². The van der Waals surface area contributed by atoms with Crippen LogP contribution in [-0.2, 0) is 10.9 Å². The monoisotopic (exact) mass is 444 g/mol. The number of urea groups is 1. The first-order chi connectivity index (χ1) is 14.2. The van der Waals surface area contributed by atoms with Crippen LogP contribution in [0.25, 0.3) is 0 Å². The smallest absolute Gasteiger partial charge is 0.362 e. The minimum atomic E-state index is -4.75. The molecule has 0 saturated carbocycles. The largest absolute Gasteiger partial charge is 0.416 e. The summed E-state index contributed by atoms with van der Waals surface area (Å²) in [6.07, 6.45) is -5.50. The van der Waals surface area contributed by atoms with Gasteiger partial charge in [0.1, 0.15) is 11.9 Å². The fourth-order valence-corrected chi connectivity index (χ4v) is 3.32. The molecule has 2 amide bonds. The van der Waals surface area contributed by atoms with Gasteiger partial charge >= 0.3 is 12.2 Å². The molecule has 3 rings (SSSR count). The Morgan fingerprint density at radius 1 is 1.23 bits per heavy atom. The molecule has 9 heteroatoms. The van der Waals surface area contributed by atoms with Gasteiger partial charge in [0, 0.05) is 11.6 Å². The molecule has 1 unspecified atom stereocenters. The molecule has 1 aliphatic heterocycles. The van der Waals surface area contributed by atoms with E-state index < -0.39 is 29.8 Å². The summed E-state index contributed by atoms with van der Waals surface area (Å²) in [4.78, 5) is 13.5. The van der Waals surface area contributed by atoms with Gasteiger partial charge in [0.2, 0.25) is 0 Å². The molecule has 1 N–H and O–H groups in total. The van der Waals surface area contributed by atoms with Crippen LogP contribution in [0.15, 0.2) is 42.5 Å². The first-order valence-corrected chi connectivity index (χ1v) is 9.87. The first kappa shape index (κ1) is 22.4. The van der Waals surface area contributed by atoms with Gasteiger partial charge in [0.15, 0.2) is 0 Å². The van der Waals surface area contributed by atoms with E-state index in [1.165, 1.54) is 4.90 Å². The number of carbonyl (C=O) groups excluding carboxylic acids is 1. The molecule has 0 aromatic heterocycles. The van der Waals surface area contributed by atoms with Gasteiger partial charge < -0.3 is 15.0 Å². The van der Waals surface area contributed by atoms with Crippen LogP contribution in [0.5, 0.6) is 0 Å². The molecule has 1 saturated heterocycles. The van der Waals surface area contributed by atoms with Crippen LogP contribution < -0.4 is 5.32 Å². The van der Waals surface area contributed by atoms with Crippen molar-refractivity contribution >= 4 is 17.6 Å². The maximum Gasteiger partial charge on any atom is 0.416 e. The number of benzene rings is 2. The lowest BCUT2D eigenvalue weighted by atomic mass is 9.95. The van der Waals surface area contributed by atoms with Crippen molar-refractivity contribution < 1.29 is 27.1 Å². The molecule has 1 atom stereocenters. The summed E-state index contributed by atoms with van der Waals surface area (Å²) in [6.45, 7) is 2.98. The van der Waals surface area contributed by atoms with E-state index in [-0.39, 0.29) is 24.7 Å². The maximum atomic E-state index is 13.6. The Morgan fingerprint density at radius 2 is 1.90 bits per heavy atom. The first-order valence-electron chi connectivity index (χ1n) is 9.49. The minimum absolute atomic E-state index is 0.194. The van der Waals surface area contributed by atoms with E-state index in [4.69, 9.17) is 16.3 Å². The quantitative estimate of drug-likeness (QED) is 0.605. The Bertz CT molecular complexity index is 884. The molecule has 2 aromatic carbocycles. The summed E-state index contributed by atoms with van der Waals surface area (Å²) in [5.74, 6) is -0.983. The Kier molecular flexibility index (Phi) is 6.88. The maximum absolute atomic E-state index is 13.6. The number of ether oxygens (including phenoxy) is 1. The Hall–Kier alpha value is -2.32. The SMILES string of the molecule is CCCNC(=O)N1CC(OC(c2ccc(Cl)cc2)c2ccc(F)cc2C(F)(F)F)C1. The van der Waals surface area contributed by atoms with Crippen molar-refractivity contribution in [3.8, 4) is 0 Å². The van der Waals surface area contributed by atoms with Crippen molar-refractivity contribution in [1.82, 2.24) is 10.2 Å². The molecule has 0 bridgehead atoms. The molecule has 0 aliphatic carbocycles. The van der Waals surface area contributed by atoms with Gasteiger partial charge in [0.25, 0.3) is 0 Å². The summed E-state index contributed by atoms with van der Waals surface area (Å²) in [6, 6.07) is 8.53. The third kappa shape index (κ3) is 5.23. The van der Waals surface area contributed by atoms with Crippen molar-refractivity contribution in [2.75, 3.05) is 19.6 Å². The molecule has 30 heavy (non-hydrogen) atoms. The average molecular weight is 445 g/mol. The highest BCUT2D eigenvalue weighted by atomic mass is 35.5. The molecule has 0 spiro atoms. The van der Waals surface area contributed by atoms with E-state index in [0.717, 1.165) is 18.6 Å². The molecule has 162 valence electrons. The number of amides is 2. The second-order valence-electron chi connectivity index (χ2n) is 7.06. The second kappa shape index (κ2) is 9.22. The topological polar surface area (TPSA) is 41.6 Å². The normalized spacial score (nSPS) is 15.6. The number of hydrogen-bond acceptors (Lipinski definition) is 2. The van der Waals surface area contributed by atoms with Crippen molar-refractivity contribution in [3.05, 3.63) is 70.0 Å². The Balaban J connectivity index is 1.85. The van der Waals surface area contributed by atoms with Crippen molar-refractivity contribution in [3.63, 3.8) is 0 Å². The highest BCUT2D eigenvalue weighted by Crippen LogP contribution is 2.39. The number of carbonyl (C=O) groups is 1. The summed E-state index contributed by atoms with van der Waals surface area (Å²) < 4.78 is 60.3. The number of halogens is 5. The Morgan fingerprint density at radius 3 is 2.50 bits per heavy atom. The van der Waals surface area contributed by atoms with Crippen LogP contribution in [0.4, 0.5) is 22.4 Å². The lowest BCUT2D eigenvalue weighted by molar-refractivity contribution is -0.140. The molecule has 0 radical (unpaired) electrons. The van der Waals surface area contributed by atoms with E-state index in [2.05, 4.69) is 5.32 Å². The van der Waals surface area contributed by atoms with Crippen LogP contribution in [0.3, 0.4) is 0 Å². The van der Waals surface area contributed by atoms with Crippen molar-refractivity contribution in [2.45, 2.75) is 31.7 Å². The lowest BCUT2D eigenvalue weighted by Gasteiger charge is -2.41. The van der Waals surface area contributed by atoms with E-state index in [1.54, 1.807) is 24.3 Å². The molecule has 1 fully saturated rings. The summed E-state index contributed by atoms with van der Waals surface area (Å²) in [7, 11) is 0. The molecule has 1 aliphatic rings. The van der Waals surface area contributed by atoms with Gasteiger partial charge in [-0.25, -0.2) is 9.18 Å². The predicted octanol–water partition coefficient (Wildman–Crippen LogP) is 5.41. The highest BCUT2D eigenvalue weighted by molar-refractivity contribution is 6.30. The van der Waals surface area contributed by atoms with Gasteiger partial charge in [-0.2, -0.15) is 13.2 Å². The fraction of sp³-hybridized carbons (Fsp3) is 0.381. The highest BCUT2D eigenvalue weighted by Gasteiger charge is 2.39. The van der Waals surface area contributed by atoms with Crippen molar-refractivity contribution in [2.24, 2.45) is 0 Å². The molecular weight excluding hydrogens is 424 g/mol. The fourth-order valence-electron chi connectivity index (χ4n) is 3.20. The number of alkyl halides is 3. The molecule has 1 heterocycles. The molecular formula is C21H21ClF4N2O2. The summed E-state index contributed by atoms with van der Waals surface area (Å²) >= 11 is 5.91. The number of rotatable bonds is 6. The van der Waals surface area contributed by atoms with E-state index in [0.29, 0.717) is 23.2 Å². The number of likely N-dealkylation sites (tertiary alicyclic amines) is 1. The van der Waals surface area contributed by atoms with E-state index >= 15 is 0 Å². The summed E-state index contributed by atoms with van der Waals surface area (Å²) in [5, 5.41) is 3.17. The zero-order chi connectivity index (χ0) is 21.9. The third-order valence-electron chi connectivity index (χ3n) is 4.77. The van der Waals surface area contributed by atoms with E-state index in [9.17, 15) is 22.4 Å². The number of hydrogen-bond donors (Lipinski definition) is 1. The number of nitrogens with one attached hydrogen (secondary N) is 1. The summed E-state index contributed by atoms with van der Waals surface area (Å²) in [5.41, 5.74) is -0.843. The Labute approximate surface area is 176 Å². The second-order valence-corrected chi connectivity index (χ2v) is 7.49. The van der Waals surface area contributed by atoms with E-state index in [1.807, 2.05) is 6.92 Å². The molecule has 4 nitrogen and oxygen atoms in total. The standard InChI is InChI=1S/C21H21ClF4N2O2/c1-2-9-27-20(29)28-11-16(12-28)30-19(13-3-5-14(22)6-4-13)17-8-7-15(23)10-18(17)21(24,25)26/h3-8,10,16,19H,2,9,11-12H2,1H3,(H,27,29). The van der Waals surface area contributed by atoms with Crippen molar-refractivity contribution in [1.29, 1.82) is 0 Å². The van der Waals surface area contributed by atoms with Gasteiger partial charge in [-0.3, -0.25) is 0 Å². The third-order valence-corrected chi connectivity index (χ3v) is 5.02. The van der Waals surface area contributed by atoms with Crippen LogP contribution >= 0.6 is 11.6 Å². The zero-order valence-electron chi connectivity index (χ0n) is 16.2. The van der Waals surface area contributed by atoms with Gasteiger partial charge in [-0.1, -0.05) is 36.7 Å². The van der Waals surface area contributed by atoms with Gasteiger partial charge in [-0.15, -0.1) is 0 Å². The lowest BCUT2D eigenvalue weighted by Crippen LogP contribution is -2.58. The number of nitrogens with zero attached hydrogens (tertiary/aromatic N) is 1. The minimum Gasteiger partial charge on any atom is -0.362 e. The average Bonchev–Trinajstić information content (AvgIpc) is 2.66. The van der Waals surface area contributed by atoms with Crippen LogP contribution in [-0.4, -0.2) is 36.7 Å².